The van der Waals surface area contributed by atoms with Gasteiger partial charge in [-0.15, -0.1) is 0 Å². The normalized spacial score (nSPS) is 26.5. The van der Waals surface area contributed by atoms with Crippen molar-refractivity contribution in [2.24, 2.45) is 23.0 Å². The van der Waals surface area contributed by atoms with Gasteiger partial charge in [-0.2, -0.15) is 0 Å². The number of likely N-dealkylation sites (tertiary alicyclic amines) is 1. The van der Waals surface area contributed by atoms with Gasteiger partial charge in [0.25, 0.3) is 0 Å². The molecule has 2 amide bonds. The maximum absolute atomic E-state index is 11.9. The molecular weight excluding hydrogens is 228 g/mol. The van der Waals surface area contributed by atoms with Crippen LogP contribution in [0.4, 0.5) is 0 Å². The molecule has 2 N–H and O–H groups in total. The molecule has 2 fully saturated rings. The standard InChI is InChI=1S/C14H24N2O2/c1-10(2)7-14(4-3-5-14)9-16-8-11(13(15)18)6-12(16)17/h10-11H,3-9H2,1-2H3,(H2,15,18). The Kier molecular flexibility index (Phi) is 3.64. The first kappa shape index (κ1) is 13.4. The molecule has 2 aliphatic rings. The van der Waals surface area contributed by atoms with Crippen molar-refractivity contribution in [3.8, 4) is 0 Å². The molecule has 1 saturated carbocycles. The van der Waals surface area contributed by atoms with Gasteiger partial charge in [0.05, 0.1) is 5.92 Å². The van der Waals surface area contributed by atoms with Crippen LogP contribution >= 0.6 is 0 Å². The zero-order valence-electron chi connectivity index (χ0n) is 11.4. The monoisotopic (exact) mass is 252 g/mol. The first-order valence-corrected chi connectivity index (χ1v) is 6.99. The van der Waals surface area contributed by atoms with Crippen LogP contribution in [-0.2, 0) is 9.59 Å². The Hall–Kier alpha value is -1.06. The van der Waals surface area contributed by atoms with Crippen molar-refractivity contribution in [1.29, 1.82) is 0 Å². The summed E-state index contributed by atoms with van der Waals surface area (Å²) < 4.78 is 0. The van der Waals surface area contributed by atoms with E-state index in [1.807, 2.05) is 4.90 Å². The van der Waals surface area contributed by atoms with Crippen LogP contribution in [0.15, 0.2) is 0 Å². The minimum Gasteiger partial charge on any atom is -0.369 e. The zero-order chi connectivity index (χ0) is 13.3. The number of carbonyl (C=O) groups is 2. The lowest BCUT2D eigenvalue weighted by atomic mass is 9.64. The number of amides is 2. The van der Waals surface area contributed by atoms with Gasteiger partial charge in [0.1, 0.15) is 0 Å². The summed E-state index contributed by atoms with van der Waals surface area (Å²) in [6.07, 6.45) is 5.20. The number of rotatable bonds is 5. The second kappa shape index (κ2) is 4.90. The predicted molar refractivity (Wildman–Crippen MR) is 69.6 cm³/mol. The van der Waals surface area contributed by atoms with Gasteiger partial charge >= 0.3 is 0 Å². The minimum atomic E-state index is -0.336. The van der Waals surface area contributed by atoms with Crippen molar-refractivity contribution in [2.75, 3.05) is 13.1 Å². The van der Waals surface area contributed by atoms with Crippen LogP contribution in [0, 0.1) is 17.3 Å². The third-order valence-corrected chi connectivity index (χ3v) is 4.40. The van der Waals surface area contributed by atoms with Gasteiger partial charge in [0.15, 0.2) is 0 Å². The minimum absolute atomic E-state index is 0.105. The van der Waals surface area contributed by atoms with Gasteiger partial charge < -0.3 is 10.6 Å². The van der Waals surface area contributed by atoms with Gasteiger partial charge in [0, 0.05) is 19.5 Å². The summed E-state index contributed by atoms with van der Waals surface area (Å²) in [4.78, 5) is 24.9. The van der Waals surface area contributed by atoms with Crippen molar-refractivity contribution in [1.82, 2.24) is 4.90 Å². The smallest absolute Gasteiger partial charge is 0.223 e. The summed E-state index contributed by atoms with van der Waals surface area (Å²) in [7, 11) is 0. The van der Waals surface area contributed by atoms with Crippen molar-refractivity contribution in [2.45, 2.75) is 46.0 Å². The highest BCUT2D eigenvalue weighted by Crippen LogP contribution is 2.47. The molecule has 102 valence electrons. The van der Waals surface area contributed by atoms with E-state index in [9.17, 15) is 9.59 Å². The lowest BCUT2D eigenvalue weighted by Gasteiger charge is -2.45. The van der Waals surface area contributed by atoms with Crippen LogP contribution in [0.2, 0.25) is 0 Å². The highest BCUT2D eigenvalue weighted by atomic mass is 16.2. The van der Waals surface area contributed by atoms with Gasteiger partial charge in [-0.05, 0) is 30.6 Å². The quantitative estimate of drug-likeness (QED) is 0.806. The van der Waals surface area contributed by atoms with E-state index in [-0.39, 0.29) is 17.7 Å². The third kappa shape index (κ3) is 2.68. The summed E-state index contributed by atoms with van der Waals surface area (Å²) in [6, 6.07) is 0. The molecule has 4 nitrogen and oxygen atoms in total. The molecule has 4 heteroatoms. The van der Waals surface area contributed by atoms with E-state index in [0.29, 0.717) is 24.3 Å². The van der Waals surface area contributed by atoms with E-state index in [2.05, 4.69) is 13.8 Å². The van der Waals surface area contributed by atoms with Crippen molar-refractivity contribution in [3.63, 3.8) is 0 Å². The van der Waals surface area contributed by atoms with Crippen LogP contribution in [0.1, 0.15) is 46.0 Å². The predicted octanol–water partition coefficient (Wildman–Crippen LogP) is 1.54. The molecule has 0 bridgehead atoms. The van der Waals surface area contributed by atoms with Crippen LogP contribution in [0.5, 0.6) is 0 Å². The average Bonchev–Trinajstić information content (AvgIpc) is 2.56. The van der Waals surface area contributed by atoms with E-state index < -0.39 is 0 Å². The van der Waals surface area contributed by atoms with Crippen LogP contribution in [0.3, 0.4) is 0 Å². The van der Waals surface area contributed by atoms with Crippen LogP contribution in [0.25, 0.3) is 0 Å². The summed E-state index contributed by atoms with van der Waals surface area (Å²) in [5.74, 6) is 0.162. The number of primary amides is 1. The molecule has 1 aliphatic carbocycles. The average molecular weight is 252 g/mol. The van der Waals surface area contributed by atoms with Gasteiger partial charge in [0.2, 0.25) is 11.8 Å². The number of carbonyl (C=O) groups excluding carboxylic acids is 2. The maximum atomic E-state index is 11.9. The van der Waals surface area contributed by atoms with Crippen molar-refractivity contribution in [3.05, 3.63) is 0 Å². The van der Waals surface area contributed by atoms with Crippen LogP contribution < -0.4 is 5.73 Å². The number of nitrogens with two attached hydrogens (primary N) is 1. The molecule has 0 aromatic heterocycles. The fourth-order valence-electron chi connectivity index (χ4n) is 3.49. The Balaban J connectivity index is 1.96. The largest absolute Gasteiger partial charge is 0.369 e. The highest BCUT2D eigenvalue weighted by Gasteiger charge is 2.42. The molecule has 1 heterocycles. The third-order valence-electron chi connectivity index (χ3n) is 4.40. The SMILES string of the molecule is CC(C)CC1(CN2CC(C(N)=O)CC2=O)CCC1. The molecule has 1 unspecified atom stereocenters. The molecule has 0 radical (unpaired) electrons. The Morgan fingerprint density at radius 1 is 1.50 bits per heavy atom. The highest BCUT2D eigenvalue weighted by molar-refractivity contribution is 5.88. The molecule has 1 atom stereocenters. The molecule has 18 heavy (non-hydrogen) atoms. The molecule has 1 aliphatic heterocycles. The number of hydrogen-bond acceptors (Lipinski definition) is 2. The Labute approximate surface area is 109 Å². The lowest BCUT2D eigenvalue weighted by molar-refractivity contribution is -0.130. The molecular formula is C14H24N2O2. The topological polar surface area (TPSA) is 63.4 Å². The summed E-state index contributed by atoms with van der Waals surface area (Å²) in [5.41, 5.74) is 5.61. The van der Waals surface area contributed by atoms with Gasteiger partial charge in [-0.1, -0.05) is 20.3 Å². The molecule has 0 aromatic rings. The summed E-state index contributed by atoms with van der Waals surface area (Å²) >= 11 is 0. The summed E-state index contributed by atoms with van der Waals surface area (Å²) in [6.45, 7) is 5.83. The fourth-order valence-corrected chi connectivity index (χ4v) is 3.49. The molecule has 0 spiro atoms. The van der Waals surface area contributed by atoms with Gasteiger partial charge in [-0.3, -0.25) is 9.59 Å². The van der Waals surface area contributed by atoms with Crippen LogP contribution in [-0.4, -0.2) is 29.8 Å². The number of hydrogen-bond donors (Lipinski definition) is 1. The molecule has 0 aromatic carbocycles. The Morgan fingerprint density at radius 2 is 2.17 bits per heavy atom. The van der Waals surface area contributed by atoms with E-state index in [4.69, 9.17) is 5.73 Å². The second-order valence-electron chi connectivity index (χ2n) is 6.53. The lowest BCUT2D eigenvalue weighted by Crippen LogP contribution is -2.44. The molecule has 1 saturated heterocycles. The van der Waals surface area contributed by atoms with Crippen molar-refractivity contribution >= 4 is 11.8 Å². The van der Waals surface area contributed by atoms with Gasteiger partial charge in [-0.25, -0.2) is 0 Å². The molecule has 2 rings (SSSR count). The van der Waals surface area contributed by atoms with E-state index in [1.54, 1.807) is 0 Å². The van der Waals surface area contributed by atoms with E-state index in [1.165, 1.54) is 25.7 Å². The van der Waals surface area contributed by atoms with Crippen molar-refractivity contribution < 1.29 is 9.59 Å². The maximum Gasteiger partial charge on any atom is 0.223 e. The Morgan fingerprint density at radius 3 is 2.56 bits per heavy atom. The zero-order valence-corrected chi connectivity index (χ0v) is 11.4. The first-order valence-electron chi connectivity index (χ1n) is 6.99. The van der Waals surface area contributed by atoms with E-state index >= 15 is 0 Å². The fraction of sp³-hybridized carbons (Fsp3) is 0.857. The number of nitrogens with zero attached hydrogens (tertiary/aromatic N) is 1. The Bertz CT molecular complexity index is 348. The van der Waals surface area contributed by atoms with E-state index in [0.717, 1.165) is 6.54 Å². The second-order valence-corrected chi connectivity index (χ2v) is 6.53. The first-order chi connectivity index (χ1) is 8.42. The summed E-state index contributed by atoms with van der Waals surface area (Å²) in [5, 5.41) is 0.